The van der Waals surface area contributed by atoms with E-state index in [2.05, 4.69) is 21.2 Å². The van der Waals surface area contributed by atoms with E-state index in [0.717, 1.165) is 19.9 Å². The van der Waals surface area contributed by atoms with Crippen molar-refractivity contribution in [2.24, 2.45) is 0 Å². The van der Waals surface area contributed by atoms with Gasteiger partial charge in [-0.1, -0.05) is 99.8 Å². The maximum Gasteiger partial charge on any atom is 0.264 e. The predicted molar refractivity (Wildman–Crippen MR) is 179 cm³/mol. The summed E-state index contributed by atoms with van der Waals surface area (Å²) >= 11 is 16.0. The predicted octanol–water partition coefficient (Wildman–Crippen LogP) is 7.12. The Kier molecular flexibility index (Phi) is 11.5. The van der Waals surface area contributed by atoms with Gasteiger partial charge in [0.1, 0.15) is 12.6 Å². The summed E-state index contributed by atoms with van der Waals surface area (Å²) in [7, 11) is -4.26. The Hall–Kier alpha value is -3.37. The highest BCUT2D eigenvalue weighted by atomic mass is 79.9. The number of hydrogen-bond donors (Lipinski definition) is 1. The minimum Gasteiger partial charge on any atom is -0.352 e. The first kappa shape index (κ1) is 33.5. The lowest BCUT2D eigenvalue weighted by Gasteiger charge is -2.34. The number of carbonyl (C=O) groups is 2. The van der Waals surface area contributed by atoms with Gasteiger partial charge in [-0.05, 0) is 67.4 Å². The van der Waals surface area contributed by atoms with Gasteiger partial charge in [0.15, 0.2) is 0 Å². The van der Waals surface area contributed by atoms with E-state index in [1.54, 1.807) is 18.2 Å². The zero-order valence-electron chi connectivity index (χ0n) is 24.2. The van der Waals surface area contributed by atoms with Gasteiger partial charge in [-0.15, -0.1) is 0 Å². The summed E-state index contributed by atoms with van der Waals surface area (Å²) in [5.74, 6) is -0.930. The van der Waals surface area contributed by atoms with E-state index in [-0.39, 0.29) is 45.5 Å². The topological polar surface area (TPSA) is 86.8 Å². The van der Waals surface area contributed by atoms with Gasteiger partial charge < -0.3 is 10.2 Å². The van der Waals surface area contributed by atoms with Crippen LogP contribution in [0.3, 0.4) is 0 Å². The van der Waals surface area contributed by atoms with Crippen molar-refractivity contribution in [3.8, 4) is 0 Å². The molecule has 0 aliphatic carbocycles. The molecular formula is C33H32BrCl2N3O4S. The van der Waals surface area contributed by atoms with Crippen LogP contribution in [0.25, 0.3) is 0 Å². The maximum atomic E-state index is 14.4. The van der Waals surface area contributed by atoms with Gasteiger partial charge in [-0.25, -0.2) is 8.42 Å². The summed E-state index contributed by atoms with van der Waals surface area (Å²) in [4.78, 5) is 29.6. The molecule has 7 nitrogen and oxygen atoms in total. The minimum atomic E-state index is -4.26. The number of carbonyl (C=O) groups excluding carboxylic acids is 2. The summed E-state index contributed by atoms with van der Waals surface area (Å²) < 4.78 is 29.9. The van der Waals surface area contributed by atoms with Gasteiger partial charge in [0.05, 0.1) is 10.6 Å². The highest BCUT2D eigenvalue weighted by molar-refractivity contribution is 9.10. The largest absolute Gasteiger partial charge is 0.352 e. The Morgan fingerprint density at radius 2 is 1.39 bits per heavy atom. The number of hydrogen-bond acceptors (Lipinski definition) is 4. The second kappa shape index (κ2) is 15.1. The molecule has 0 bridgehead atoms. The lowest BCUT2D eigenvalue weighted by atomic mass is 10.0. The number of sulfonamides is 1. The molecular weight excluding hydrogens is 685 g/mol. The van der Waals surface area contributed by atoms with Crippen LogP contribution in [0.2, 0.25) is 10.0 Å². The lowest BCUT2D eigenvalue weighted by molar-refractivity contribution is -0.140. The molecule has 0 aliphatic heterocycles. The van der Waals surface area contributed by atoms with Crippen LogP contribution in [0, 0.1) is 0 Å². The Morgan fingerprint density at radius 1 is 0.818 bits per heavy atom. The van der Waals surface area contributed by atoms with Gasteiger partial charge in [0.2, 0.25) is 11.8 Å². The van der Waals surface area contributed by atoms with Crippen molar-refractivity contribution in [1.82, 2.24) is 10.2 Å². The summed E-state index contributed by atoms with van der Waals surface area (Å²) in [5.41, 5.74) is 1.73. The van der Waals surface area contributed by atoms with Gasteiger partial charge in [-0.2, -0.15) is 0 Å². The van der Waals surface area contributed by atoms with Gasteiger partial charge in [0, 0.05) is 33.5 Å². The first-order chi connectivity index (χ1) is 20.9. The SMILES string of the molecule is CC(C)NC(=O)[C@H](Cc1ccccc1)N(Cc1ccc(Br)cc1)C(=O)CN(c1cc(Cl)cc(Cl)c1)S(=O)(=O)c1ccccc1. The molecule has 0 spiro atoms. The fourth-order valence-electron chi connectivity index (χ4n) is 4.65. The number of rotatable bonds is 12. The number of nitrogens with one attached hydrogen (secondary N) is 1. The first-order valence-corrected chi connectivity index (χ1v) is 16.8. The third kappa shape index (κ3) is 8.85. The fraction of sp³-hybridized carbons (Fsp3) is 0.212. The van der Waals surface area contributed by atoms with Gasteiger partial charge >= 0.3 is 0 Å². The average Bonchev–Trinajstić information content (AvgIpc) is 2.98. The molecule has 0 heterocycles. The van der Waals surface area contributed by atoms with Crippen LogP contribution in [0.5, 0.6) is 0 Å². The standard InChI is InChI=1S/C33H32BrCl2N3O4S/c1-23(2)37-33(41)31(17-24-9-5-3-6-10-24)38(21-25-13-15-26(34)16-14-25)32(40)22-39(29-19-27(35)18-28(36)20-29)44(42,43)30-11-7-4-8-12-30/h3-16,18-20,23,31H,17,21-22H2,1-2H3,(H,37,41)/t31-/m0/s1. The van der Waals surface area contributed by atoms with Crippen molar-refractivity contribution in [2.75, 3.05) is 10.8 Å². The van der Waals surface area contributed by atoms with E-state index in [4.69, 9.17) is 23.2 Å². The third-order valence-electron chi connectivity index (χ3n) is 6.71. The fourth-order valence-corrected chi connectivity index (χ4v) is 6.85. The molecule has 1 atom stereocenters. The van der Waals surface area contributed by atoms with Gasteiger partial charge in [0.25, 0.3) is 10.0 Å². The molecule has 4 aromatic carbocycles. The molecule has 0 radical (unpaired) electrons. The third-order valence-corrected chi connectivity index (χ3v) is 9.47. The molecule has 0 fully saturated rings. The molecule has 11 heteroatoms. The molecule has 0 unspecified atom stereocenters. The van der Waals surface area contributed by atoms with E-state index < -0.39 is 28.5 Å². The zero-order chi connectivity index (χ0) is 31.9. The number of anilines is 1. The van der Waals surface area contributed by atoms with Crippen molar-refractivity contribution in [3.05, 3.63) is 129 Å². The number of halogens is 3. The summed E-state index contributed by atoms with van der Waals surface area (Å²) in [6.07, 6.45) is 0.218. The van der Waals surface area contributed by atoms with Crippen LogP contribution < -0.4 is 9.62 Å². The van der Waals surface area contributed by atoms with E-state index in [1.807, 2.05) is 68.4 Å². The minimum absolute atomic E-state index is 0.0123. The van der Waals surface area contributed by atoms with Crippen LogP contribution in [0.4, 0.5) is 5.69 Å². The van der Waals surface area contributed by atoms with E-state index in [0.29, 0.717) is 0 Å². The molecule has 0 aliphatic rings. The monoisotopic (exact) mass is 715 g/mol. The zero-order valence-corrected chi connectivity index (χ0v) is 28.1. The quantitative estimate of drug-likeness (QED) is 0.169. The molecule has 2 amide bonds. The van der Waals surface area contributed by atoms with Crippen LogP contribution in [0.15, 0.2) is 112 Å². The number of nitrogens with zero attached hydrogens (tertiary/aromatic N) is 2. The van der Waals surface area contributed by atoms with Crippen LogP contribution >= 0.6 is 39.1 Å². The Labute approximate surface area is 277 Å². The molecule has 44 heavy (non-hydrogen) atoms. The Balaban J connectivity index is 1.82. The average molecular weight is 718 g/mol. The second-order valence-corrected chi connectivity index (χ2v) is 14.1. The first-order valence-electron chi connectivity index (χ1n) is 13.9. The van der Waals surface area contributed by atoms with E-state index in [9.17, 15) is 18.0 Å². The second-order valence-electron chi connectivity index (χ2n) is 10.5. The summed E-state index contributed by atoms with van der Waals surface area (Å²) in [6.45, 7) is 3.14. The molecule has 4 aromatic rings. The molecule has 0 aromatic heterocycles. The number of amides is 2. The van der Waals surface area contributed by atoms with Crippen molar-refractivity contribution in [3.63, 3.8) is 0 Å². The molecule has 0 saturated heterocycles. The van der Waals surface area contributed by atoms with Crippen molar-refractivity contribution < 1.29 is 18.0 Å². The molecule has 1 N–H and O–H groups in total. The Bertz CT molecular complexity index is 1670. The molecule has 230 valence electrons. The molecule has 0 saturated carbocycles. The highest BCUT2D eigenvalue weighted by Crippen LogP contribution is 2.30. The summed E-state index contributed by atoms with van der Waals surface area (Å²) in [6, 6.07) is 27.8. The maximum absolute atomic E-state index is 14.4. The van der Waals surface area contributed by atoms with Crippen molar-refractivity contribution >= 4 is 66.7 Å². The lowest BCUT2D eigenvalue weighted by Crippen LogP contribution is -2.54. The molecule has 4 rings (SSSR count). The smallest absolute Gasteiger partial charge is 0.264 e. The van der Waals surface area contributed by atoms with E-state index >= 15 is 0 Å². The van der Waals surface area contributed by atoms with E-state index in [1.165, 1.54) is 35.2 Å². The number of benzene rings is 4. The normalized spacial score (nSPS) is 12.0. The van der Waals surface area contributed by atoms with Crippen molar-refractivity contribution in [1.29, 1.82) is 0 Å². The Morgan fingerprint density at radius 3 is 1.95 bits per heavy atom. The van der Waals surface area contributed by atoms with Crippen LogP contribution in [-0.4, -0.2) is 43.8 Å². The van der Waals surface area contributed by atoms with Crippen molar-refractivity contribution in [2.45, 2.75) is 43.8 Å². The van der Waals surface area contributed by atoms with Crippen LogP contribution in [-0.2, 0) is 32.6 Å². The van der Waals surface area contributed by atoms with Gasteiger partial charge in [-0.3, -0.25) is 13.9 Å². The summed E-state index contributed by atoms with van der Waals surface area (Å²) in [5, 5.41) is 3.36. The highest BCUT2D eigenvalue weighted by Gasteiger charge is 2.35. The van der Waals surface area contributed by atoms with Crippen LogP contribution in [0.1, 0.15) is 25.0 Å².